The monoisotopic (exact) mass is 350 g/mol. The molecule has 21 heavy (non-hydrogen) atoms. The number of benzene rings is 1. The van der Waals surface area contributed by atoms with Crippen LogP contribution in [0.25, 0.3) is 0 Å². The minimum absolute atomic E-state index is 0.178. The normalized spacial score (nSPS) is 26.5. The predicted octanol–water partition coefficient (Wildman–Crippen LogP) is 3.31. The fourth-order valence-corrected chi connectivity index (χ4v) is 4.23. The van der Waals surface area contributed by atoms with E-state index < -0.39 is 0 Å². The number of piperidine rings is 2. The summed E-state index contributed by atoms with van der Waals surface area (Å²) in [6.45, 7) is 5.03. The van der Waals surface area contributed by atoms with Crippen LogP contribution in [-0.4, -0.2) is 48.4 Å². The summed E-state index contributed by atoms with van der Waals surface area (Å²) in [5, 5.41) is 0. The van der Waals surface area contributed by atoms with Crippen LogP contribution in [0.4, 0.5) is 0 Å². The van der Waals surface area contributed by atoms with Crippen LogP contribution >= 0.6 is 15.9 Å². The molecule has 1 aromatic rings. The molecule has 2 aliphatic heterocycles. The van der Waals surface area contributed by atoms with E-state index in [9.17, 15) is 4.79 Å². The molecule has 3 nitrogen and oxygen atoms in total. The van der Waals surface area contributed by atoms with E-state index in [1.807, 2.05) is 25.1 Å². The minimum Gasteiger partial charge on any atom is -0.338 e. The van der Waals surface area contributed by atoms with Crippen LogP contribution in [0.2, 0.25) is 0 Å². The molecular formula is C17H23BrN2O. The Kier molecular flexibility index (Phi) is 4.36. The average molecular weight is 351 g/mol. The molecule has 0 bridgehead atoms. The highest BCUT2D eigenvalue weighted by atomic mass is 79.9. The molecule has 2 unspecified atom stereocenters. The standard InChI is InChI=1S/C17H23BrN2O/c1-12-5-6-15(18)14(10-12)17(21)20-9-7-16-13(11-20)4-3-8-19(16)2/h5-6,10,13,16H,3-4,7-9,11H2,1-2H3. The molecule has 1 amide bonds. The fraction of sp³-hybridized carbons (Fsp3) is 0.588. The number of carbonyl (C=O) groups excluding carboxylic acids is 1. The third-order valence-electron chi connectivity index (χ3n) is 4.99. The quantitative estimate of drug-likeness (QED) is 0.775. The van der Waals surface area contributed by atoms with Crippen molar-refractivity contribution in [1.82, 2.24) is 9.80 Å². The van der Waals surface area contributed by atoms with Gasteiger partial charge >= 0.3 is 0 Å². The van der Waals surface area contributed by atoms with Crippen molar-refractivity contribution in [3.05, 3.63) is 33.8 Å². The summed E-state index contributed by atoms with van der Waals surface area (Å²) in [6, 6.07) is 6.67. The van der Waals surface area contributed by atoms with Gasteiger partial charge in [0.15, 0.2) is 0 Å². The van der Waals surface area contributed by atoms with Crippen LogP contribution in [0.15, 0.2) is 22.7 Å². The van der Waals surface area contributed by atoms with Crippen LogP contribution in [0.5, 0.6) is 0 Å². The summed E-state index contributed by atoms with van der Waals surface area (Å²) >= 11 is 3.52. The number of hydrogen-bond acceptors (Lipinski definition) is 2. The number of hydrogen-bond donors (Lipinski definition) is 0. The summed E-state index contributed by atoms with van der Waals surface area (Å²) in [5.41, 5.74) is 1.94. The van der Waals surface area contributed by atoms with Gasteiger partial charge in [-0.05, 0) is 73.8 Å². The molecule has 3 rings (SSSR count). The van der Waals surface area contributed by atoms with Gasteiger partial charge in [0.05, 0.1) is 5.56 Å². The van der Waals surface area contributed by atoms with Gasteiger partial charge in [-0.15, -0.1) is 0 Å². The highest BCUT2D eigenvalue weighted by molar-refractivity contribution is 9.10. The van der Waals surface area contributed by atoms with Crippen molar-refractivity contribution in [2.75, 3.05) is 26.7 Å². The van der Waals surface area contributed by atoms with Crippen molar-refractivity contribution in [1.29, 1.82) is 0 Å². The Labute approximate surface area is 135 Å². The molecule has 0 aliphatic carbocycles. The zero-order valence-corrected chi connectivity index (χ0v) is 14.4. The zero-order chi connectivity index (χ0) is 15.0. The number of fused-ring (bicyclic) bond motifs is 1. The number of amides is 1. The second-order valence-corrected chi connectivity index (χ2v) is 7.33. The van der Waals surface area contributed by atoms with E-state index in [0.717, 1.165) is 35.1 Å². The summed E-state index contributed by atoms with van der Waals surface area (Å²) in [7, 11) is 2.23. The van der Waals surface area contributed by atoms with E-state index in [4.69, 9.17) is 0 Å². The SMILES string of the molecule is Cc1ccc(Br)c(C(=O)N2CCC3C(CCCN3C)C2)c1. The first-order valence-electron chi connectivity index (χ1n) is 7.82. The third kappa shape index (κ3) is 3.02. The largest absolute Gasteiger partial charge is 0.338 e. The smallest absolute Gasteiger partial charge is 0.255 e. The Morgan fingerprint density at radius 3 is 2.90 bits per heavy atom. The predicted molar refractivity (Wildman–Crippen MR) is 88.5 cm³/mol. The second kappa shape index (κ2) is 6.09. The molecule has 114 valence electrons. The van der Waals surface area contributed by atoms with E-state index in [2.05, 4.69) is 32.8 Å². The van der Waals surface area contributed by atoms with Gasteiger partial charge in [0.25, 0.3) is 5.91 Å². The topological polar surface area (TPSA) is 23.6 Å². The summed E-state index contributed by atoms with van der Waals surface area (Å²) in [4.78, 5) is 17.4. The lowest BCUT2D eigenvalue weighted by Gasteiger charge is -2.46. The van der Waals surface area contributed by atoms with Gasteiger partial charge in [-0.3, -0.25) is 4.79 Å². The molecule has 2 saturated heterocycles. The van der Waals surface area contributed by atoms with Gasteiger partial charge in [-0.2, -0.15) is 0 Å². The first-order valence-corrected chi connectivity index (χ1v) is 8.61. The van der Waals surface area contributed by atoms with Crippen LogP contribution in [-0.2, 0) is 0 Å². The Morgan fingerprint density at radius 2 is 2.10 bits per heavy atom. The number of rotatable bonds is 1. The first-order chi connectivity index (χ1) is 10.1. The van der Waals surface area contributed by atoms with E-state index >= 15 is 0 Å². The van der Waals surface area contributed by atoms with E-state index in [0.29, 0.717) is 12.0 Å². The van der Waals surface area contributed by atoms with Crippen molar-refractivity contribution in [2.24, 2.45) is 5.92 Å². The van der Waals surface area contributed by atoms with Gasteiger partial charge in [0.2, 0.25) is 0 Å². The maximum absolute atomic E-state index is 12.8. The Bertz CT molecular complexity index is 546. The lowest BCUT2D eigenvalue weighted by molar-refractivity contribution is 0.0316. The van der Waals surface area contributed by atoms with Crippen LogP contribution in [0.1, 0.15) is 35.2 Å². The molecule has 4 heteroatoms. The number of likely N-dealkylation sites (tertiary alicyclic amines) is 2. The van der Waals surface area contributed by atoms with Gasteiger partial charge in [-0.25, -0.2) is 0 Å². The van der Waals surface area contributed by atoms with Crippen LogP contribution in [0, 0.1) is 12.8 Å². The van der Waals surface area contributed by atoms with Crippen molar-refractivity contribution in [3.8, 4) is 0 Å². The molecule has 0 saturated carbocycles. The number of carbonyl (C=O) groups is 1. The lowest BCUT2D eigenvalue weighted by atomic mass is 9.84. The van der Waals surface area contributed by atoms with Crippen molar-refractivity contribution in [3.63, 3.8) is 0 Å². The Balaban J connectivity index is 1.76. The van der Waals surface area contributed by atoms with E-state index in [1.165, 1.54) is 19.4 Å². The number of nitrogens with zero attached hydrogens (tertiary/aromatic N) is 2. The molecule has 1 aromatic carbocycles. The van der Waals surface area contributed by atoms with E-state index in [-0.39, 0.29) is 5.91 Å². The van der Waals surface area contributed by atoms with Gasteiger partial charge in [-0.1, -0.05) is 11.6 Å². The van der Waals surface area contributed by atoms with Crippen LogP contribution in [0.3, 0.4) is 0 Å². The summed E-state index contributed by atoms with van der Waals surface area (Å²) in [6.07, 6.45) is 3.62. The molecule has 0 N–H and O–H groups in total. The highest BCUT2D eigenvalue weighted by Crippen LogP contribution is 2.31. The second-order valence-electron chi connectivity index (χ2n) is 6.47. The molecule has 0 spiro atoms. The fourth-order valence-electron chi connectivity index (χ4n) is 3.81. The van der Waals surface area contributed by atoms with Crippen molar-refractivity contribution >= 4 is 21.8 Å². The lowest BCUT2D eigenvalue weighted by Crippen LogP contribution is -2.53. The molecule has 0 radical (unpaired) electrons. The van der Waals surface area contributed by atoms with Crippen molar-refractivity contribution in [2.45, 2.75) is 32.2 Å². The minimum atomic E-state index is 0.178. The first kappa shape index (κ1) is 15.0. The Morgan fingerprint density at radius 1 is 1.29 bits per heavy atom. The maximum atomic E-state index is 12.8. The highest BCUT2D eigenvalue weighted by Gasteiger charge is 2.36. The van der Waals surface area contributed by atoms with Gasteiger partial charge < -0.3 is 9.80 Å². The molecular weight excluding hydrogens is 328 g/mol. The summed E-state index contributed by atoms with van der Waals surface area (Å²) < 4.78 is 0.904. The third-order valence-corrected chi connectivity index (χ3v) is 5.68. The van der Waals surface area contributed by atoms with Gasteiger partial charge in [0.1, 0.15) is 0 Å². The van der Waals surface area contributed by atoms with Gasteiger partial charge in [0, 0.05) is 23.6 Å². The van der Waals surface area contributed by atoms with E-state index in [1.54, 1.807) is 0 Å². The van der Waals surface area contributed by atoms with Crippen molar-refractivity contribution < 1.29 is 4.79 Å². The molecule has 0 aromatic heterocycles. The molecule has 2 atom stereocenters. The molecule has 2 aliphatic rings. The van der Waals surface area contributed by atoms with Crippen LogP contribution < -0.4 is 0 Å². The molecule has 2 heterocycles. The average Bonchev–Trinajstić information content (AvgIpc) is 2.49. The summed E-state index contributed by atoms with van der Waals surface area (Å²) in [5.74, 6) is 0.822. The number of aryl methyl sites for hydroxylation is 1. The Hall–Kier alpha value is -0.870. The number of halogens is 1. The maximum Gasteiger partial charge on any atom is 0.255 e. The molecule has 2 fully saturated rings. The zero-order valence-electron chi connectivity index (χ0n) is 12.8.